The maximum absolute atomic E-state index is 5.23. The van der Waals surface area contributed by atoms with Crippen LogP contribution in [0.15, 0.2) is 206 Å². The van der Waals surface area contributed by atoms with Crippen molar-refractivity contribution in [3.05, 3.63) is 206 Å². The van der Waals surface area contributed by atoms with E-state index in [1.165, 1.54) is 5.39 Å². The molecule has 0 bridgehead atoms. The monoisotopic (exact) mass is 714 g/mol. The third-order valence-electron chi connectivity index (χ3n) is 10.3. The molecule has 0 amide bonds. The number of nitrogens with zero attached hydrogens (tertiary/aromatic N) is 4. The first kappa shape index (κ1) is 33.0. The maximum atomic E-state index is 5.23. The molecule has 0 spiro atoms. The first-order chi connectivity index (χ1) is 27.7. The van der Waals surface area contributed by atoms with Crippen LogP contribution in [0.5, 0.6) is 0 Å². The second kappa shape index (κ2) is 14.3. The lowest BCUT2D eigenvalue weighted by molar-refractivity contribution is 1.07. The van der Waals surface area contributed by atoms with Crippen molar-refractivity contribution < 1.29 is 0 Å². The highest BCUT2D eigenvalue weighted by molar-refractivity contribution is 6.16. The summed E-state index contributed by atoms with van der Waals surface area (Å²) in [5.74, 6) is 1.86. The summed E-state index contributed by atoms with van der Waals surface area (Å²) in [6, 6.07) is 71.6. The van der Waals surface area contributed by atoms with Crippen LogP contribution in [0.3, 0.4) is 0 Å². The molecule has 0 aliphatic heterocycles. The van der Waals surface area contributed by atoms with Crippen molar-refractivity contribution in [2.24, 2.45) is 0 Å². The molecule has 262 valence electrons. The van der Waals surface area contributed by atoms with E-state index in [0.29, 0.717) is 17.5 Å². The van der Waals surface area contributed by atoms with E-state index in [4.69, 9.17) is 19.9 Å². The lowest BCUT2D eigenvalue weighted by Gasteiger charge is -2.14. The summed E-state index contributed by atoms with van der Waals surface area (Å²) in [5, 5.41) is 3.45. The van der Waals surface area contributed by atoms with Crippen LogP contribution in [0.25, 0.3) is 100 Å². The van der Waals surface area contributed by atoms with Gasteiger partial charge in [-0.25, -0.2) is 19.9 Å². The van der Waals surface area contributed by atoms with Crippen molar-refractivity contribution in [2.45, 2.75) is 0 Å². The van der Waals surface area contributed by atoms with E-state index in [0.717, 1.165) is 77.6 Å². The van der Waals surface area contributed by atoms with E-state index in [1.54, 1.807) is 0 Å². The highest BCUT2D eigenvalue weighted by Crippen LogP contribution is 2.38. The topological polar surface area (TPSA) is 51.6 Å². The van der Waals surface area contributed by atoms with Gasteiger partial charge in [0.1, 0.15) is 0 Å². The molecule has 0 radical (unpaired) electrons. The molecule has 0 aliphatic carbocycles. The van der Waals surface area contributed by atoms with Gasteiger partial charge < -0.3 is 0 Å². The fraction of sp³-hybridized carbons (Fsp3) is 0. The minimum Gasteiger partial charge on any atom is -0.247 e. The normalized spacial score (nSPS) is 11.2. The zero-order valence-corrected chi connectivity index (χ0v) is 30.4. The molecular formula is C52H34N4. The Kier molecular flexibility index (Phi) is 8.47. The van der Waals surface area contributed by atoms with Gasteiger partial charge in [0, 0.05) is 33.0 Å². The zero-order valence-electron chi connectivity index (χ0n) is 30.4. The molecular weight excluding hydrogens is 681 g/mol. The van der Waals surface area contributed by atoms with Gasteiger partial charge in [-0.15, -0.1) is 0 Å². The molecule has 4 heteroatoms. The van der Waals surface area contributed by atoms with Crippen LogP contribution in [-0.2, 0) is 0 Å². The van der Waals surface area contributed by atoms with E-state index in [2.05, 4.69) is 188 Å². The Balaban J connectivity index is 1.09. The van der Waals surface area contributed by atoms with E-state index in [-0.39, 0.29) is 0 Å². The molecule has 0 atom stereocenters. The average molecular weight is 715 g/mol. The number of benzene rings is 8. The fourth-order valence-electron chi connectivity index (χ4n) is 7.56. The van der Waals surface area contributed by atoms with Gasteiger partial charge in [-0.05, 0) is 57.0 Å². The van der Waals surface area contributed by atoms with Crippen LogP contribution >= 0.6 is 0 Å². The van der Waals surface area contributed by atoms with Crippen LogP contribution in [0.1, 0.15) is 0 Å². The smallest absolute Gasteiger partial charge is 0.164 e. The van der Waals surface area contributed by atoms with Gasteiger partial charge in [-0.1, -0.05) is 188 Å². The lowest BCUT2D eigenvalue weighted by Crippen LogP contribution is -2.00. The average Bonchev–Trinajstić information content (AvgIpc) is 3.29. The third kappa shape index (κ3) is 6.29. The Morgan fingerprint density at radius 1 is 0.250 bits per heavy atom. The summed E-state index contributed by atoms with van der Waals surface area (Å²) in [5.41, 5.74) is 12.5. The van der Waals surface area contributed by atoms with Gasteiger partial charge in [-0.3, -0.25) is 0 Å². The number of pyridine rings is 1. The largest absolute Gasteiger partial charge is 0.247 e. The molecule has 8 aromatic carbocycles. The molecule has 10 aromatic rings. The number of rotatable bonds is 7. The molecule has 0 N–H and O–H groups in total. The summed E-state index contributed by atoms with van der Waals surface area (Å²) in [7, 11) is 0. The van der Waals surface area contributed by atoms with Gasteiger partial charge in [0.05, 0.1) is 11.2 Å². The van der Waals surface area contributed by atoms with Crippen molar-refractivity contribution in [3.8, 4) is 78.8 Å². The van der Waals surface area contributed by atoms with E-state index in [1.807, 2.05) is 18.2 Å². The number of hydrogen-bond donors (Lipinski definition) is 0. The maximum Gasteiger partial charge on any atom is 0.164 e. The highest BCUT2D eigenvalue weighted by atomic mass is 15.0. The predicted octanol–water partition coefficient (Wildman–Crippen LogP) is 13.2. The van der Waals surface area contributed by atoms with Crippen LogP contribution in [0, 0.1) is 0 Å². The van der Waals surface area contributed by atoms with Crippen LogP contribution in [0.4, 0.5) is 0 Å². The van der Waals surface area contributed by atoms with Crippen LogP contribution in [-0.4, -0.2) is 19.9 Å². The molecule has 0 aliphatic rings. The van der Waals surface area contributed by atoms with Crippen molar-refractivity contribution in [3.63, 3.8) is 0 Å². The number of aromatic nitrogens is 4. The first-order valence-electron chi connectivity index (χ1n) is 18.8. The van der Waals surface area contributed by atoms with Gasteiger partial charge >= 0.3 is 0 Å². The fourth-order valence-corrected chi connectivity index (χ4v) is 7.56. The van der Waals surface area contributed by atoms with Crippen LogP contribution < -0.4 is 0 Å². The Bertz CT molecular complexity index is 2900. The molecule has 2 aromatic heterocycles. The zero-order chi connectivity index (χ0) is 37.3. The molecule has 0 unspecified atom stereocenters. The molecule has 0 saturated carbocycles. The number of fused-ring (bicyclic) bond motifs is 3. The van der Waals surface area contributed by atoms with E-state index < -0.39 is 0 Å². The molecule has 0 saturated heterocycles. The van der Waals surface area contributed by atoms with Crippen molar-refractivity contribution in [1.82, 2.24) is 19.9 Å². The standard InChI is InChI=1S/C52H34N4/c1-4-15-35(16-5-1)40-21-12-23-42(33-40)51-54-50(55-52(56-51)43-24-13-22-41(34-43)36-17-6-2-7-18-36)39-31-29-37(30-32-39)44-27-14-28-47-48(44)45-25-10-11-26-46(45)49(53-47)38-19-8-3-9-20-38/h1-34H. The first-order valence-corrected chi connectivity index (χ1v) is 18.8. The van der Waals surface area contributed by atoms with Crippen molar-refractivity contribution in [2.75, 3.05) is 0 Å². The molecule has 56 heavy (non-hydrogen) atoms. The van der Waals surface area contributed by atoms with Gasteiger partial charge in [0.2, 0.25) is 0 Å². The molecule has 10 rings (SSSR count). The predicted molar refractivity (Wildman–Crippen MR) is 231 cm³/mol. The second-order valence-electron chi connectivity index (χ2n) is 13.8. The summed E-state index contributed by atoms with van der Waals surface area (Å²) >= 11 is 0. The lowest BCUT2D eigenvalue weighted by atomic mass is 9.94. The van der Waals surface area contributed by atoms with Gasteiger partial charge in [-0.2, -0.15) is 0 Å². The highest BCUT2D eigenvalue weighted by Gasteiger charge is 2.16. The summed E-state index contributed by atoms with van der Waals surface area (Å²) < 4.78 is 0. The summed E-state index contributed by atoms with van der Waals surface area (Å²) in [6.45, 7) is 0. The number of hydrogen-bond acceptors (Lipinski definition) is 4. The Labute approximate surface area is 325 Å². The Morgan fingerprint density at radius 2 is 0.679 bits per heavy atom. The second-order valence-corrected chi connectivity index (χ2v) is 13.8. The molecule has 2 heterocycles. The minimum atomic E-state index is 0.615. The van der Waals surface area contributed by atoms with Crippen molar-refractivity contribution >= 4 is 21.7 Å². The summed E-state index contributed by atoms with van der Waals surface area (Å²) in [6.07, 6.45) is 0. The van der Waals surface area contributed by atoms with Gasteiger partial charge in [0.15, 0.2) is 17.5 Å². The van der Waals surface area contributed by atoms with E-state index in [9.17, 15) is 0 Å². The van der Waals surface area contributed by atoms with Gasteiger partial charge in [0.25, 0.3) is 0 Å². The summed E-state index contributed by atoms with van der Waals surface area (Å²) in [4.78, 5) is 20.6. The Hall–Kier alpha value is -7.56. The Morgan fingerprint density at radius 3 is 1.25 bits per heavy atom. The van der Waals surface area contributed by atoms with Crippen LogP contribution in [0.2, 0.25) is 0 Å². The minimum absolute atomic E-state index is 0.615. The molecule has 0 fully saturated rings. The van der Waals surface area contributed by atoms with Crippen molar-refractivity contribution in [1.29, 1.82) is 0 Å². The third-order valence-corrected chi connectivity index (χ3v) is 10.3. The molecule has 4 nitrogen and oxygen atoms in total. The quantitative estimate of drug-likeness (QED) is 0.154. The SMILES string of the molecule is c1ccc(-c2cccc(-c3nc(-c4ccc(-c5cccc6nc(-c7ccccc7)c7ccccc7c56)cc4)nc(-c4cccc(-c5ccccc5)c4)n3)c2)cc1. The van der Waals surface area contributed by atoms with E-state index >= 15 is 0 Å².